The van der Waals surface area contributed by atoms with Crippen molar-refractivity contribution in [1.29, 1.82) is 0 Å². The molecule has 0 aliphatic heterocycles. The average molecular weight is 358 g/mol. The first kappa shape index (κ1) is 14.4. The number of hydrogen-bond donors (Lipinski definition) is 1. The number of benzene rings is 2. The van der Waals surface area contributed by atoms with Crippen LogP contribution in [-0.2, 0) is 7.05 Å². The van der Waals surface area contributed by atoms with E-state index in [1.165, 1.54) is 0 Å². The van der Waals surface area contributed by atoms with Gasteiger partial charge in [0.2, 0.25) is 0 Å². The molecule has 0 fully saturated rings. The van der Waals surface area contributed by atoms with Crippen LogP contribution in [0.25, 0.3) is 11.4 Å². The van der Waals surface area contributed by atoms with Crippen LogP contribution in [0, 0.1) is 0 Å². The average Bonchev–Trinajstić information content (AvgIpc) is 2.96. The van der Waals surface area contributed by atoms with Crippen LogP contribution in [0.15, 0.2) is 53.0 Å². The van der Waals surface area contributed by atoms with Crippen molar-refractivity contribution in [3.8, 4) is 11.4 Å². The van der Waals surface area contributed by atoms with Crippen molar-refractivity contribution in [2.45, 2.75) is 0 Å². The van der Waals surface area contributed by atoms with Crippen LogP contribution >= 0.6 is 15.9 Å². The minimum Gasteiger partial charge on any atom is -0.322 e. The number of tetrazole rings is 1. The van der Waals surface area contributed by atoms with Crippen LogP contribution in [0.4, 0.5) is 5.69 Å². The van der Waals surface area contributed by atoms with Crippen molar-refractivity contribution >= 4 is 27.5 Å². The molecule has 0 spiro atoms. The van der Waals surface area contributed by atoms with Gasteiger partial charge < -0.3 is 5.32 Å². The lowest BCUT2D eigenvalue weighted by Gasteiger charge is -2.06. The molecule has 22 heavy (non-hydrogen) atoms. The predicted molar refractivity (Wildman–Crippen MR) is 86.3 cm³/mol. The molecule has 0 aliphatic carbocycles. The fourth-order valence-corrected chi connectivity index (χ4v) is 2.27. The molecular formula is C15H12BrN5O. The lowest BCUT2D eigenvalue weighted by Crippen LogP contribution is -2.11. The Morgan fingerprint density at radius 2 is 1.95 bits per heavy atom. The number of anilines is 1. The van der Waals surface area contributed by atoms with Gasteiger partial charge in [0.25, 0.3) is 5.91 Å². The molecule has 1 N–H and O–H groups in total. The Morgan fingerprint density at radius 1 is 1.18 bits per heavy atom. The zero-order chi connectivity index (χ0) is 15.5. The number of aryl methyl sites for hydroxylation is 1. The van der Waals surface area contributed by atoms with E-state index in [9.17, 15) is 4.79 Å². The maximum Gasteiger partial charge on any atom is 0.255 e. The zero-order valence-corrected chi connectivity index (χ0v) is 13.3. The second-order valence-corrected chi connectivity index (χ2v) is 5.58. The van der Waals surface area contributed by atoms with Gasteiger partial charge in [0.1, 0.15) is 0 Å². The summed E-state index contributed by atoms with van der Waals surface area (Å²) in [5.41, 5.74) is 2.07. The zero-order valence-electron chi connectivity index (χ0n) is 11.7. The van der Waals surface area contributed by atoms with Gasteiger partial charge in [-0.2, -0.15) is 0 Å². The van der Waals surface area contributed by atoms with Gasteiger partial charge in [-0.15, -0.1) is 5.10 Å². The Morgan fingerprint density at radius 3 is 2.64 bits per heavy atom. The van der Waals surface area contributed by atoms with Crippen molar-refractivity contribution in [1.82, 2.24) is 20.2 Å². The Hall–Kier alpha value is -2.54. The monoisotopic (exact) mass is 357 g/mol. The van der Waals surface area contributed by atoms with Crippen LogP contribution in [0.1, 0.15) is 10.4 Å². The lowest BCUT2D eigenvalue weighted by atomic mass is 10.1. The largest absolute Gasteiger partial charge is 0.322 e. The second-order valence-electron chi connectivity index (χ2n) is 4.67. The number of hydrogen-bond acceptors (Lipinski definition) is 4. The van der Waals surface area contributed by atoms with Gasteiger partial charge in [0.15, 0.2) is 5.82 Å². The molecule has 7 heteroatoms. The number of aromatic nitrogens is 4. The number of nitrogens with zero attached hydrogens (tertiary/aromatic N) is 4. The van der Waals surface area contributed by atoms with E-state index in [0.717, 1.165) is 15.7 Å². The molecule has 1 amide bonds. The highest BCUT2D eigenvalue weighted by Gasteiger charge is 2.10. The topological polar surface area (TPSA) is 72.7 Å². The fourth-order valence-electron chi connectivity index (χ4n) is 2.01. The van der Waals surface area contributed by atoms with E-state index in [-0.39, 0.29) is 5.91 Å². The molecule has 2 aromatic carbocycles. The van der Waals surface area contributed by atoms with E-state index in [1.54, 1.807) is 29.9 Å². The van der Waals surface area contributed by atoms with E-state index >= 15 is 0 Å². The predicted octanol–water partition coefficient (Wildman–Crippen LogP) is 2.89. The Kier molecular flexibility index (Phi) is 3.97. The molecule has 0 atom stereocenters. The summed E-state index contributed by atoms with van der Waals surface area (Å²) >= 11 is 3.36. The third-order valence-electron chi connectivity index (χ3n) is 3.11. The minimum absolute atomic E-state index is 0.181. The molecule has 1 heterocycles. The van der Waals surface area contributed by atoms with E-state index in [2.05, 4.69) is 36.8 Å². The highest BCUT2D eigenvalue weighted by Crippen LogP contribution is 2.18. The van der Waals surface area contributed by atoms with Crippen LogP contribution < -0.4 is 5.32 Å². The normalized spacial score (nSPS) is 10.5. The summed E-state index contributed by atoms with van der Waals surface area (Å²) in [6.45, 7) is 0. The van der Waals surface area contributed by atoms with Crippen LogP contribution in [0.2, 0.25) is 0 Å². The molecule has 0 aliphatic rings. The van der Waals surface area contributed by atoms with Crippen molar-refractivity contribution in [3.63, 3.8) is 0 Å². The fraction of sp³-hybridized carbons (Fsp3) is 0.0667. The highest BCUT2D eigenvalue weighted by atomic mass is 79.9. The minimum atomic E-state index is -0.181. The summed E-state index contributed by atoms with van der Waals surface area (Å²) in [7, 11) is 1.75. The molecule has 1 aromatic heterocycles. The second kappa shape index (κ2) is 6.07. The van der Waals surface area contributed by atoms with Crippen molar-refractivity contribution < 1.29 is 4.79 Å². The molecule has 0 saturated carbocycles. The summed E-state index contributed by atoms with van der Waals surface area (Å²) < 4.78 is 2.52. The molecule has 6 nitrogen and oxygen atoms in total. The van der Waals surface area contributed by atoms with Gasteiger partial charge in [0, 0.05) is 28.3 Å². The number of nitrogens with one attached hydrogen (secondary N) is 1. The van der Waals surface area contributed by atoms with Gasteiger partial charge in [-0.05, 0) is 46.8 Å². The van der Waals surface area contributed by atoms with E-state index in [0.29, 0.717) is 11.4 Å². The molecule has 0 bridgehead atoms. The number of carbonyl (C=O) groups excluding carboxylic acids is 1. The van der Waals surface area contributed by atoms with Gasteiger partial charge >= 0.3 is 0 Å². The molecular weight excluding hydrogens is 346 g/mol. The Balaban J connectivity index is 1.84. The van der Waals surface area contributed by atoms with E-state index in [4.69, 9.17) is 0 Å². The van der Waals surface area contributed by atoms with Crippen LogP contribution in [0.5, 0.6) is 0 Å². The van der Waals surface area contributed by atoms with Gasteiger partial charge in [-0.3, -0.25) is 4.79 Å². The first-order chi connectivity index (χ1) is 10.6. The highest BCUT2D eigenvalue weighted by molar-refractivity contribution is 9.10. The first-order valence-corrected chi connectivity index (χ1v) is 7.32. The van der Waals surface area contributed by atoms with E-state index in [1.807, 2.05) is 30.3 Å². The smallest absolute Gasteiger partial charge is 0.255 e. The van der Waals surface area contributed by atoms with E-state index < -0.39 is 0 Å². The lowest BCUT2D eigenvalue weighted by molar-refractivity contribution is 0.102. The molecule has 3 aromatic rings. The maximum absolute atomic E-state index is 12.3. The Bertz CT molecular complexity index is 813. The first-order valence-electron chi connectivity index (χ1n) is 6.53. The quantitative estimate of drug-likeness (QED) is 0.782. The Labute approximate surface area is 135 Å². The number of rotatable bonds is 3. The van der Waals surface area contributed by atoms with Crippen molar-refractivity contribution in [3.05, 3.63) is 58.6 Å². The molecule has 0 radical (unpaired) electrons. The summed E-state index contributed by atoms with van der Waals surface area (Å²) in [4.78, 5) is 12.3. The van der Waals surface area contributed by atoms with Crippen molar-refractivity contribution in [2.24, 2.45) is 7.05 Å². The van der Waals surface area contributed by atoms with Crippen LogP contribution in [-0.4, -0.2) is 26.1 Å². The molecule has 110 valence electrons. The number of carbonyl (C=O) groups is 1. The number of halogens is 1. The molecule has 0 unspecified atom stereocenters. The third kappa shape index (κ3) is 3.04. The summed E-state index contributed by atoms with van der Waals surface area (Å²) in [6, 6.07) is 14.6. The molecule has 3 rings (SSSR count). The van der Waals surface area contributed by atoms with Crippen molar-refractivity contribution in [2.75, 3.05) is 5.32 Å². The summed E-state index contributed by atoms with van der Waals surface area (Å²) in [5.74, 6) is 0.428. The maximum atomic E-state index is 12.3. The van der Waals surface area contributed by atoms with Gasteiger partial charge in [-0.1, -0.05) is 28.1 Å². The van der Waals surface area contributed by atoms with Gasteiger partial charge in [-0.25, -0.2) is 4.68 Å². The summed E-state index contributed by atoms with van der Waals surface area (Å²) in [5, 5.41) is 14.2. The standard InChI is InChI=1S/C15H12BrN5O/c1-21-14(18-19-20-21)10-3-2-4-11(9-10)15(22)17-13-7-5-12(16)6-8-13/h2-9H,1H3,(H,17,22). The SMILES string of the molecule is Cn1nnnc1-c1cccc(C(=O)Nc2ccc(Br)cc2)c1. The van der Waals surface area contributed by atoms with Gasteiger partial charge in [0.05, 0.1) is 0 Å². The summed E-state index contributed by atoms with van der Waals surface area (Å²) in [6.07, 6.45) is 0. The number of amides is 1. The third-order valence-corrected chi connectivity index (χ3v) is 3.63. The molecule has 0 saturated heterocycles. The van der Waals surface area contributed by atoms with Crippen LogP contribution in [0.3, 0.4) is 0 Å².